The van der Waals surface area contributed by atoms with E-state index in [1.54, 1.807) is 22.8 Å². The molecule has 5 heteroatoms. The SMILES string of the molecule is CC(N)C(Sc1ncnn1C)C(C)(C)C. The van der Waals surface area contributed by atoms with Gasteiger partial charge in [-0.05, 0) is 12.3 Å². The lowest BCUT2D eigenvalue weighted by atomic mass is 9.88. The molecule has 0 aliphatic carbocycles. The molecule has 2 unspecified atom stereocenters. The van der Waals surface area contributed by atoms with Crippen molar-refractivity contribution < 1.29 is 0 Å². The molecule has 86 valence electrons. The van der Waals surface area contributed by atoms with Crippen molar-refractivity contribution in [3.8, 4) is 0 Å². The summed E-state index contributed by atoms with van der Waals surface area (Å²) in [6.45, 7) is 8.64. The summed E-state index contributed by atoms with van der Waals surface area (Å²) < 4.78 is 1.78. The Morgan fingerprint density at radius 1 is 1.47 bits per heavy atom. The Labute approximate surface area is 95.6 Å². The van der Waals surface area contributed by atoms with E-state index in [-0.39, 0.29) is 11.5 Å². The zero-order valence-corrected chi connectivity index (χ0v) is 10.9. The van der Waals surface area contributed by atoms with Crippen LogP contribution in [-0.4, -0.2) is 26.1 Å². The highest BCUT2D eigenvalue weighted by Crippen LogP contribution is 2.35. The molecule has 0 saturated carbocycles. The average Bonchev–Trinajstić information content (AvgIpc) is 2.44. The van der Waals surface area contributed by atoms with Crippen molar-refractivity contribution in [1.29, 1.82) is 0 Å². The van der Waals surface area contributed by atoms with Crippen molar-refractivity contribution in [3.63, 3.8) is 0 Å². The van der Waals surface area contributed by atoms with E-state index in [1.807, 2.05) is 14.0 Å². The molecule has 2 N–H and O–H groups in total. The van der Waals surface area contributed by atoms with Gasteiger partial charge in [0.25, 0.3) is 0 Å². The van der Waals surface area contributed by atoms with Crippen molar-refractivity contribution in [2.75, 3.05) is 0 Å². The van der Waals surface area contributed by atoms with Gasteiger partial charge in [0.2, 0.25) is 0 Å². The Hall–Kier alpha value is -0.550. The molecule has 0 radical (unpaired) electrons. The number of aromatic nitrogens is 3. The average molecular weight is 228 g/mol. The van der Waals surface area contributed by atoms with Crippen LogP contribution in [0.4, 0.5) is 0 Å². The Morgan fingerprint density at radius 2 is 2.07 bits per heavy atom. The zero-order valence-electron chi connectivity index (χ0n) is 10.1. The van der Waals surface area contributed by atoms with Gasteiger partial charge in [-0.15, -0.1) is 0 Å². The summed E-state index contributed by atoms with van der Waals surface area (Å²) in [5.74, 6) is 0. The fraction of sp³-hybridized carbons (Fsp3) is 0.800. The van der Waals surface area contributed by atoms with Gasteiger partial charge in [-0.25, -0.2) is 9.67 Å². The molecule has 0 fully saturated rings. The standard InChI is InChI=1S/C10H20N4S/c1-7(11)8(10(2,3)4)15-9-12-6-13-14(9)5/h6-8H,11H2,1-5H3. The van der Waals surface area contributed by atoms with Crippen LogP contribution in [0, 0.1) is 5.41 Å². The molecular weight excluding hydrogens is 208 g/mol. The second-order valence-corrected chi connectivity index (χ2v) is 6.04. The predicted molar refractivity (Wildman–Crippen MR) is 63.8 cm³/mol. The smallest absolute Gasteiger partial charge is 0.186 e. The first kappa shape index (κ1) is 12.5. The van der Waals surface area contributed by atoms with Gasteiger partial charge in [-0.1, -0.05) is 32.5 Å². The van der Waals surface area contributed by atoms with E-state index in [4.69, 9.17) is 5.73 Å². The molecule has 1 aromatic heterocycles. The summed E-state index contributed by atoms with van der Waals surface area (Å²) in [5, 5.41) is 5.31. The number of nitrogens with zero attached hydrogens (tertiary/aromatic N) is 3. The number of hydrogen-bond acceptors (Lipinski definition) is 4. The van der Waals surface area contributed by atoms with Gasteiger partial charge in [-0.3, -0.25) is 0 Å². The second kappa shape index (κ2) is 4.53. The van der Waals surface area contributed by atoms with E-state index >= 15 is 0 Å². The first-order valence-corrected chi connectivity index (χ1v) is 5.96. The zero-order chi connectivity index (χ0) is 11.6. The summed E-state index contributed by atoms with van der Waals surface area (Å²) in [6, 6.07) is 0.131. The summed E-state index contributed by atoms with van der Waals surface area (Å²) in [6.07, 6.45) is 1.57. The Bertz CT molecular complexity index is 313. The first-order valence-electron chi connectivity index (χ1n) is 5.08. The van der Waals surface area contributed by atoms with Crippen LogP contribution in [-0.2, 0) is 7.05 Å². The first-order chi connectivity index (χ1) is 6.82. The van der Waals surface area contributed by atoms with Gasteiger partial charge in [0, 0.05) is 18.3 Å². The van der Waals surface area contributed by atoms with E-state index in [2.05, 4.69) is 30.9 Å². The molecule has 0 aliphatic heterocycles. The second-order valence-electron chi connectivity index (χ2n) is 4.93. The molecule has 1 aromatic rings. The molecule has 0 spiro atoms. The van der Waals surface area contributed by atoms with Crippen LogP contribution >= 0.6 is 11.8 Å². The largest absolute Gasteiger partial charge is 0.327 e. The highest BCUT2D eigenvalue weighted by molar-refractivity contribution is 7.99. The quantitative estimate of drug-likeness (QED) is 0.800. The summed E-state index contributed by atoms with van der Waals surface area (Å²) in [5.41, 5.74) is 6.17. The molecule has 1 heterocycles. The van der Waals surface area contributed by atoms with Crippen LogP contribution in [0.2, 0.25) is 0 Å². The molecule has 4 nitrogen and oxygen atoms in total. The van der Waals surface area contributed by atoms with Crippen LogP contribution in [0.15, 0.2) is 11.5 Å². The minimum absolute atomic E-state index is 0.131. The van der Waals surface area contributed by atoms with Crippen molar-refractivity contribution >= 4 is 11.8 Å². The fourth-order valence-electron chi connectivity index (χ4n) is 1.58. The number of thioether (sulfide) groups is 1. The molecule has 0 aromatic carbocycles. The lowest BCUT2D eigenvalue weighted by molar-refractivity contribution is 0.362. The Kier molecular flexibility index (Phi) is 3.78. The maximum atomic E-state index is 6.01. The van der Waals surface area contributed by atoms with E-state index in [0.717, 1.165) is 5.16 Å². The summed E-state index contributed by atoms with van der Waals surface area (Å²) in [7, 11) is 1.90. The van der Waals surface area contributed by atoms with Crippen molar-refractivity contribution in [2.24, 2.45) is 18.2 Å². The number of nitrogens with two attached hydrogens (primary N) is 1. The molecule has 1 rings (SSSR count). The van der Waals surface area contributed by atoms with Gasteiger partial charge in [0.15, 0.2) is 5.16 Å². The van der Waals surface area contributed by atoms with Crippen LogP contribution in [0.25, 0.3) is 0 Å². The van der Waals surface area contributed by atoms with Gasteiger partial charge in [0.1, 0.15) is 6.33 Å². The number of rotatable bonds is 3. The van der Waals surface area contributed by atoms with E-state index in [0.29, 0.717) is 5.25 Å². The summed E-state index contributed by atoms with van der Waals surface area (Å²) >= 11 is 1.70. The van der Waals surface area contributed by atoms with Crippen molar-refractivity contribution in [2.45, 2.75) is 44.1 Å². The number of aryl methyl sites for hydroxylation is 1. The van der Waals surface area contributed by atoms with Crippen LogP contribution in [0.5, 0.6) is 0 Å². The molecule has 0 saturated heterocycles. The third-order valence-corrected chi connectivity index (χ3v) is 4.20. The van der Waals surface area contributed by atoms with E-state index in [9.17, 15) is 0 Å². The lowest BCUT2D eigenvalue weighted by Crippen LogP contribution is -2.39. The Morgan fingerprint density at radius 3 is 2.40 bits per heavy atom. The minimum atomic E-state index is 0.131. The minimum Gasteiger partial charge on any atom is -0.327 e. The third kappa shape index (κ3) is 3.21. The monoisotopic (exact) mass is 228 g/mol. The van der Waals surface area contributed by atoms with Gasteiger partial charge < -0.3 is 5.73 Å². The van der Waals surface area contributed by atoms with Crippen molar-refractivity contribution in [1.82, 2.24) is 14.8 Å². The maximum Gasteiger partial charge on any atom is 0.186 e. The van der Waals surface area contributed by atoms with Gasteiger partial charge in [-0.2, -0.15) is 5.10 Å². The maximum absolute atomic E-state index is 6.01. The molecule has 0 aliphatic rings. The molecule has 0 bridgehead atoms. The molecule has 15 heavy (non-hydrogen) atoms. The topological polar surface area (TPSA) is 56.7 Å². The molecule has 2 atom stereocenters. The highest BCUT2D eigenvalue weighted by atomic mass is 32.2. The fourth-order valence-corrected chi connectivity index (χ4v) is 2.68. The third-order valence-electron chi connectivity index (χ3n) is 2.23. The van der Waals surface area contributed by atoms with Crippen LogP contribution < -0.4 is 5.73 Å². The summed E-state index contributed by atoms with van der Waals surface area (Å²) in [4.78, 5) is 4.21. The van der Waals surface area contributed by atoms with Gasteiger partial charge >= 0.3 is 0 Å². The van der Waals surface area contributed by atoms with Gasteiger partial charge in [0.05, 0.1) is 0 Å². The normalized spacial score (nSPS) is 16.4. The van der Waals surface area contributed by atoms with Crippen LogP contribution in [0.3, 0.4) is 0 Å². The highest BCUT2D eigenvalue weighted by Gasteiger charge is 2.30. The van der Waals surface area contributed by atoms with Crippen molar-refractivity contribution in [3.05, 3.63) is 6.33 Å². The number of hydrogen-bond donors (Lipinski definition) is 1. The Balaban J connectivity index is 2.81. The molecule has 0 amide bonds. The predicted octanol–water partition coefficient (Wildman–Crippen LogP) is 1.67. The lowest BCUT2D eigenvalue weighted by Gasteiger charge is -2.32. The molecular formula is C10H20N4S. The van der Waals surface area contributed by atoms with Crippen LogP contribution in [0.1, 0.15) is 27.7 Å². The van der Waals surface area contributed by atoms with E-state index < -0.39 is 0 Å². The van der Waals surface area contributed by atoms with E-state index in [1.165, 1.54) is 0 Å².